The summed E-state index contributed by atoms with van der Waals surface area (Å²) in [6.07, 6.45) is 0.991. The minimum atomic E-state index is -3.86. The summed E-state index contributed by atoms with van der Waals surface area (Å²) in [5.41, 5.74) is 1.07. The van der Waals surface area contributed by atoms with Gasteiger partial charge in [-0.25, -0.2) is 12.8 Å². The molecule has 0 radical (unpaired) electrons. The van der Waals surface area contributed by atoms with Crippen molar-refractivity contribution in [1.29, 1.82) is 0 Å². The lowest BCUT2D eigenvalue weighted by Gasteiger charge is -2.32. The van der Waals surface area contributed by atoms with Gasteiger partial charge >= 0.3 is 0 Å². The van der Waals surface area contributed by atoms with Gasteiger partial charge < -0.3 is 10.2 Å². The van der Waals surface area contributed by atoms with Gasteiger partial charge in [0.25, 0.3) is 0 Å². The number of amides is 2. The molecule has 0 heterocycles. The van der Waals surface area contributed by atoms with Gasteiger partial charge in [-0.1, -0.05) is 29.8 Å². The van der Waals surface area contributed by atoms with E-state index in [0.29, 0.717) is 16.3 Å². The molecule has 7 nitrogen and oxygen atoms in total. The number of nitrogens with one attached hydrogen (secondary N) is 1. The molecule has 0 spiro atoms. The fraction of sp³-hybridized carbons (Fsp3) is 0.391. The van der Waals surface area contributed by atoms with Crippen LogP contribution < -0.4 is 9.62 Å². The number of hydrogen-bond acceptors (Lipinski definition) is 4. The maximum Gasteiger partial charge on any atom is 0.244 e. The van der Waals surface area contributed by atoms with E-state index in [2.05, 4.69) is 5.32 Å². The van der Waals surface area contributed by atoms with E-state index in [-0.39, 0.29) is 18.2 Å². The van der Waals surface area contributed by atoms with Gasteiger partial charge in [-0.2, -0.15) is 0 Å². The van der Waals surface area contributed by atoms with Crippen molar-refractivity contribution in [2.75, 3.05) is 17.1 Å². The summed E-state index contributed by atoms with van der Waals surface area (Å²) in [5, 5.41) is 3.16. The summed E-state index contributed by atoms with van der Waals surface area (Å²) in [7, 11) is -3.86. The Hall–Kier alpha value is -2.65. The topological polar surface area (TPSA) is 86.8 Å². The molecule has 0 bridgehead atoms. The zero-order chi connectivity index (χ0) is 24.9. The van der Waals surface area contributed by atoms with E-state index in [4.69, 9.17) is 11.6 Å². The Labute approximate surface area is 199 Å². The van der Waals surface area contributed by atoms with E-state index in [1.165, 1.54) is 42.2 Å². The van der Waals surface area contributed by atoms with Crippen LogP contribution in [-0.2, 0) is 26.2 Å². The first kappa shape index (κ1) is 26.6. The summed E-state index contributed by atoms with van der Waals surface area (Å²) in [6, 6.07) is 9.42. The van der Waals surface area contributed by atoms with Crippen molar-refractivity contribution >= 4 is 39.1 Å². The Balaban J connectivity index is 2.44. The highest BCUT2D eigenvalue weighted by atomic mass is 35.5. The summed E-state index contributed by atoms with van der Waals surface area (Å²) in [5.74, 6) is -1.60. The Morgan fingerprint density at radius 2 is 1.76 bits per heavy atom. The highest BCUT2D eigenvalue weighted by molar-refractivity contribution is 7.92. The Morgan fingerprint density at radius 3 is 2.30 bits per heavy atom. The third-order valence-corrected chi connectivity index (χ3v) is 6.37. The molecular weight excluding hydrogens is 469 g/mol. The van der Waals surface area contributed by atoms with Crippen molar-refractivity contribution in [3.05, 3.63) is 64.4 Å². The smallest absolute Gasteiger partial charge is 0.244 e. The molecule has 2 rings (SSSR count). The molecule has 0 saturated carbocycles. The first-order valence-electron chi connectivity index (χ1n) is 10.4. The number of carbonyl (C=O) groups is 2. The van der Waals surface area contributed by atoms with Crippen LogP contribution in [0, 0.1) is 12.7 Å². The predicted molar refractivity (Wildman–Crippen MR) is 128 cm³/mol. The van der Waals surface area contributed by atoms with Crippen LogP contribution in [0.5, 0.6) is 0 Å². The number of nitrogens with zero attached hydrogens (tertiary/aromatic N) is 2. The van der Waals surface area contributed by atoms with Crippen molar-refractivity contribution in [1.82, 2.24) is 10.2 Å². The van der Waals surface area contributed by atoms with Gasteiger partial charge in [-0.15, -0.1) is 0 Å². The predicted octanol–water partition coefficient (Wildman–Crippen LogP) is 3.50. The average Bonchev–Trinajstić information content (AvgIpc) is 2.70. The second kappa shape index (κ2) is 11.0. The lowest BCUT2D eigenvalue weighted by Crippen LogP contribution is -2.52. The maximum atomic E-state index is 14.3. The number of anilines is 1. The van der Waals surface area contributed by atoms with Gasteiger partial charge in [-0.3, -0.25) is 13.9 Å². The van der Waals surface area contributed by atoms with Crippen molar-refractivity contribution in [3.63, 3.8) is 0 Å². The molecule has 0 fully saturated rings. The number of aryl methyl sites for hydroxylation is 1. The lowest BCUT2D eigenvalue weighted by molar-refractivity contribution is -0.139. The van der Waals surface area contributed by atoms with Crippen LogP contribution in [0.2, 0.25) is 5.02 Å². The van der Waals surface area contributed by atoms with Gasteiger partial charge in [0.15, 0.2) is 0 Å². The van der Waals surface area contributed by atoms with Gasteiger partial charge in [-0.05, 0) is 57.5 Å². The molecule has 0 aliphatic carbocycles. The molecular formula is C23H29ClFN3O4S. The van der Waals surface area contributed by atoms with E-state index < -0.39 is 40.2 Å². The third-order valence-electron chi connectivity index (χ3n) is 5.00. The van der Waals surface area contributed by atoms with Crippen molar-refractivity contribution in [3.8, 4) is 0 Å². The maximum absolute atomic E-state index is 14.3. The van der Waals surface area contributed by atoms with Crippen LogP contribution in [-0.4, -0.2) is 50.0 Å². The molecule has 2 aromatic rings. The zero-order valence-corrected chi connectivity index (χ0v) is 20.9. The summed E-state index contributed by atoms with van der Waals surface area (Å²) < 4.78 is 40.4. The van der Waals surface area contributed by atoms with Crippen LogP contribution >= 0.6 is 11.6 Å². The number of halogens is 2. The van der Waals surface area contributed by atoms with E-state index >= 15 is 0 Å². The van der Waals surface area contributed by atoms with Crippen LogP contribution in [0.1, 0.15) is 31.9 Å². The highest BCUT2D eigenvalue weighted by Crippen LogP contribution is 2.26. The minimum absolute atomic E-state index is 0.172. The van der Waals surface area contributed by atoms with Crippen LogP contribution in [0.3, 0.4) is 0 Å². The monoisotopic (exact) mass is 497 g/mol. The lowest BCUT2D eigenvalue weighted by atomic mass is 10.1. The van der Waals surface area contributed by atoms with E-state index in [0.717, 1.165) is 10.6 Å². The Kier molecular flexibility index (Phi) is 8.85. The molecule has 180 valence electrons. The standard InChI is InChI=1S/C23H29ClFN3O4S/c1-15(2)26-23(30)17(4)27(13-18-8-6-7-9-20(18)25)22(29)14-28(33(5,31)32)21-11-10-19(24)12-16(21)3/h6-12,15,17H,13-14H2,1-5H3,(H,26,30). The summed E-state index contributed by atoms with van der Waals surface area (Å²) in [4.78, 5) is 27.2. The number of benzene rings is 2. The minimum Gasteiger partial charge on any atom is -0.352 e. The fourth-order valence-corrected chi connectivity index (χ4v) is 4.43. The van der Waals surface area contributed by atoms with E-state index in [1.54, 1.807) is 32.9 Å². The molecule has 0 saturated heterocycles. The zero-order valence-electron chi connectivity index (χ0n) is 19.3. The second-order valence-corrected chi connectivity index (χ2v) is 10.5. The third kappa shape index (κ3) is 7.17. The quantitative estimate of drug-likeness (QED) is 0.574. The highest BCUT2D eigenvalue weighted by Gasteiger charge is 2.31. The van der Waals surface area contributed by atoms with Crippen molar-refractivity contribution in [2.45, 2.75) is 46.3 Å². The average molecular weight is 498 g/mol. The second-order valence-electron chi connectivity index (χ2n) is 8.15. The van der Waals surface area contributed by atoms with E-state index in [1.807, 2.05) is 0 Å². The molecule has 2 amide bonds. The van der Waals surface area contributed by atoms with Crippen LogP contribution in [0.15, 0.2) is 42.5 Å². The van der Waals surface area contributed by atoms with Gasteiger partial charge in [0.05, 0.1) is 11.9 Å². The molecule has 1 unspecified atom stereocenters. The number of hydrogen-bond donors (Lipinski definition) is 1. The molecule has 0 aliphatic heterocycles. The summed E-state index contributed by atoms with van der Waals surface area (Å²) in [6.45, 7) is 6.00. The molecule has 1 N–H and O–H groups in total. The molecule has 33 heavy (non-hydrogen) atoms. The van der Waals surface area contributed by atoms with Gasteiger partial charge in [0, 0.05) is 23.2 Å². The largest absolute Gasteiger partial charge is 0.352 e. The van der Waals surface area contributed by atoms with Gasteiger partial charge in [0.2, 0.25) is 21.8 Å². The molecule has 0 aliphatic rings. The van der Waals surface area contributed by atoms with Crippen molar-refractivity contribution in [2.24, 2.45) is 0 Å². The van der Waals surface area contributed by atoms with Crippen molar-refractivity contribution < 1.29 is 22.4 Å². The normalized spacial score (nSPS) is 12.4. The molecule has 2 aromatic carbocycles. The van der Waals surface area contributed by atoms with Crippen LogP contribution in [0.25, 0.3) is 0 Å². The molecule has 0 aromatic heterocycles. The fourth-order valence-electron chi connectivity index (χ4n) is 3.29. The summed E-state index contributed by atoms with van der Waals surface area (Å²) >= 11 is 5.99. The first-order chi connectivity index (χ1) is 15.3. The van der Waals surface area contributed by atoms with E-state index in [9.17, 15) is 22.4 Å². The van der Waals surface area contributed by atoms with Crippen LogP contribution in [0.4, 0.5) is 10.1 Å². The first-order valence-corrected chi connectivity index (χ1v) is 12.6. The number of sulfonamides is 1. The number of rotatable bonds is 9. The Morgan fingerprint density at radius 1 is 1.12 bits per heavy atom. The van der Waals surface area contributed by atoms with Gasteiger partial charge in [0.1, 0.15) is 18.4 Å². The molecule has 10 heteroatoms. The SMILES string of the molecule is Cc1cc(Cl)ccc1N(CC(=O)N(Cc1ccccc1F)C(C)C(=O)NC(C)C)S(C)(=O)=O. The number of carbonyl (C=O) groups excluding carboxylic acids is 2. The Bertz CT molecular complexity index is 1120. The molecule has 1 atom stereocenters.